The molecule has 0 aliphatic carbocycles. The Hall–Kier alpha value is -0.810. The average molecular weight is 304 g/mol. The summed E-state index contributed by atoms with van der Waals surface area (Å²) in [4.78, 5) is 25.9. The molecule has 2 aliphatic rings. The van der Waals surface area contributed by atoms with Gasteiger partial charge in [-0.05, 0) is 32.2 Å². The van der Waals surface area contributed by atoms with Crippen molar-refractivity contribution in [1.29, 1.82) is 0 Å². The summed E-state index contributed by atoms with van der Waals surface area (Å²) in [7, 11) is 0. The molecule has 0 aromatic rings. The van der Waals surface area contributed by atoms with Crippen LogP contribution in [0.25, 0.3) is 0 Å². The Labute approximate surface area is 127 Å². The summed E-state index contributed by atoms with van der Waals surface area (Å²) in [6.07, 6.45) is 4.37. The number of likely N-dealkylation sites (tertiary alicyclic amines) is 1. The first-order valence-corrected chi connectivity index (χ1v) is 7.49. The van der Waals surface area contributed by atoms with Gasteiger partial charge < -0.3 is 15.5 Å². The Bertz CT molecular complexity index is 332. The summed E-state index contributed by atoms with van der Waals surface area (Å²) in [6.45, 7) is 5.28. The standard InChI is InChI=1S/C14H25N3O2.ClH/c1-2-4-13(18)16-12-5-3-8-17(10-12)14(19)11-6-7-15-9-11;/h11-12,15H,2-10H2,1H3,(H,16,18);1H. The van der Waals surface area contributed by atoms with Gasteiger partial charge in [0.05, 0.1) is 5.92 Å². The molecular formula is C14H26ClN3O2. The monoisotopic (exact) mass is 303 g/mol. The molecule has 2 atom stereocenters. The summed E-state index contributed by atoms with van der Waals surface area (Å²) < 4.78 is 0. The van der Waals surface area contributed by atoms with E-state index in [0.29, 0.717) is 13.0 Å². The van der Waals surface area contributed by atoms with E-state index in [4.69, 9.17) is 0 Å². The van der Waals surface area contributed by atoms with E-state index in [2.05, 4.69) is 10.6 Å². The maximum absolute atomic E-state index is 12.3. The highest BCUT2D eigenvalue weighted by atomic mass is 35.5. The van der Waals surface area contributed by atoms with Crippen molar-refractivity contribution in [3.63, 3.8) is 0 Å². The third kappa shape index (κ3) is 4.63. The van der Waals surface area contributed by atoms with Crippen LogP contribution in [0.3, 0.4) is 0 Å². The largest absolute Gasteiger partial charge is 0.352 e. The van der Waals surface area contributed by atoms with Crippen molar-refractivity contribution in [2.75, 3.05) is 26.2 Å². The molecule has 0 radical (unpaired) electrons. The number of nitrogens with zero attached hydrogens (tertiary/aromatic N) is 1. The fourth-order valence-corrected chi connectivity index (χ4v) is 2.95. The predicted octanol–water partition coefficient (Wildman–Crippen LogP) is 0.925. The molecule has 0 saturated carbocycles. The minimum Gasteiger partial charge on any atom is -0.352 e. The van der Waals surface area contributed by atoms with Crippen molar-refractivity contribution in [3.8, 4) is 0 Å². The van der Waals surface area contributed by atoms with Gasteiger partial charge in [0.25, 0.3) is 0 Å². The Morgan fingerprint density at radius 2 is 2.15 bits per heavy atom. The summed E-state index contributed by atoms with van der Waals surface area (Å²) in [6, 6.07) is 0.145. The van der Waals surface area contributed by atoms with Crippen LogP contribution in [-0.2, 0) is 9.59 Å². The number of hydrogen-bond donors (Lipinski definition) is 2. The van der Waals surface area contributed by atoms with Crippen LogP contribution in [-0.4, -0.2) is 48.9 Å². The van der Waals surface area contributed by atoms with Crippen LogP contribution in [0.15, 0.2) is 0 Å². The van der Waals surface area contributed by atoms with Gasteiger partial charge in [0, 0.05) is 32.1 Å². The summed E-state index contributed by atoms with van der Waals surface area (Å²) in [5, 5.41) is 6.28. The number of amides is 2. The molecule has 2 saturated heterocycles. The first-order chi connectivity index (χ1) is 9.20. The average Bonchev–Trinajstić information content (AvgIpc) is 2.92. The fraction of sp³-hybridized carbons (Fsp3) is 0.857. The van der Waals surface area contributed by atoms with E-state index < -0.39 is 0 Å². The lowest BCUT2D eigenvalue weighted by molar-refractivity contribution is -0.137. The summed E-state index contributed by atoms with van der Waals surface area (Å²) >= 11 is 0. The van der Waals surface area contributed by atoms with Gasteiger partial charge in [0.15, 0.2) is 0 Å². The van der Waals surface area contributed by atoms with E-state index in [1.807, 2.05) is 11.8 Å². The van der Waals surface area contributed by atoms with Crippen LogP contribution < -0.4 is 10.6 Å². The van der Waals surface area contributed by atoms with Gasteiger partial charge in [-0.15, -0.1) is 12.4 Å². The Kier molecular flexibility index (Phi) is 7.30. The molecule has 0 bridgehead atoms. The van der Waals surface area contributed by atoms with Crippen molar-refractivity contribution >= 4 is 24.2 Å². The first-order valence-electron chi connectivity index (χ1n) is 7.49. The molecule has 2 N–H and O–H groups in total. The summed E-state index contributed by atoms with van der Waals surface area (Å²) in [5.74, 6) is 0.522. The minimum atomic E-state index is 0. The van der Waals surface area contributed by atoms with E-state index >= 15 is 0 Å². The maximum Gasteiger partial charge on any atom is 0.227 e. The lowest BCUT2D eigenvalue weighted by Crippen LogP contribution is -2.51. The highest BCUT2D eigenvalue weighted by Crippen LogP contribution is 2.17. The quantitative estimate of drug-likeness (QED) is 0.812. The van der Waals surface area contributed by atoms with E-state index in [1.54, 1.807) is 0 Å². The lowest BCUT2D eigenvalue weighted by atomic mass is 10.0. The number of rotatable bonds is 4. The van der Waals surface area contributed by atoms with Crippen LogP contribution in [0.2, 0.25) is 0 Å². The van der Waals surface area contributed by atoms with Crippen molar-refractivity contribution in [3.05, 3.63) is 0 Å². The van der Waals surface area contributed by atoms with E-state index in [1.165, 1.54) is 0 Å². The van der Waals surface area contributed by atoms with Crippen molar-refractivity contribution in [2.45, 2.75) is 45.1 Å². The van der Waals surface area contributed by atoms with Gasteiger partial charge in [0.2, 0.25) is 11.8 Å². The molecule has 2 unspecified atom stereocenters. The normalized spacial score (nSPS) is 25.9. The SMILES string of the molecule is CCCC(=O)NC1CCCN(C(=O)C2CCNC2)C1.Cl. The van der Waals surface area contributed by atoms with Crippen molar-refractivity contribution in [1.82, 2.24) is 15.5 Å². The lowest BCUT2D eigenvalue weighted by Gasteiger charge is -2.34. The Morgan fingerprint density at radius 1 is 1.35 bits per heavy atom. The Morgan fingerprint density at radius 3 is 2.80 bits per heavy atom. The molecule has 0 spiro atoms. The second-order valence-corrected chi connectivity index (χ2v) is 5.63. The van der Waals surface area contributed by atoms with Crippen LogP contribution in [0.4, 0.5) is 0 Å². The number of carbonyl (C=O) groups is 2. The molecule has 2 amide bonds. The third-order valence-electron chi connectivity index (χ3n) is 3.98. The second kappa shape index (κ2) is 8.47. The van der Waals surface area contributed by atoms with Crippen LogP contribution >= 0.6 is 12.4 Å². The zero-order chi connectivity index (χ0) is 13.7. The molecule has 0 aromatic heterocycles. The highest BCUT2D eigenvalue weighted by Gasteiger charge is 2.30. The van der Waals surface area contributed by atoms with Crippen LogP contribution in [0, 0.1) is 5.92 Å². The number of nitrogens with one attached hydrogen (secondary N) is 2. The molecule has 2 aliphatic heterocycles. The molecule has 2 rings (SSSR count). The predicted molar refractivity (Wildman–Crippen MR) is 80.9 cm³/mol. The van der Waals surface area contributed by atoms with E-state index in [9.17, 15) is 9.59 Å². The number of halogens is 1. The number of piperidine rings is 1. The molecule has 116 valence electrons. The van der Waals surface area contributed by atoms with Crippen molar-refractivity contribution in [2.24, 2.45) is 5.92 Å². The minimum absolute atomic E-state index is 0. The molecule has 5 nitrogen and oxygen atoms in total. The molecule has 20 heavy (non-hydrogen) atoms. The highest BCUT2D eigenvalue weighted by molar-refractivity contribution is 5.85. The molecule has 6 heteroatoms. The van der Waals surface area contributed by atoms with Gasteiger partial charge >= 0.3 is 0 Å². The molecule has 0 aromatic carbocycles. The molecular weight excluding hydrogens is 278 g/mol. The van der Waals surface area contributed by atoms with Gasteiger partial charge in [-0.3, -0.25) is 9.59 Å². The summed E-state index contributed by atoms with van der Waals surface area (Å²) in [5.41, 5.74) is 0. The zero-order valence-corrected chi connectivity index (χ0v) is 13.0. The fourth-order valence-electron chi connectivity index (χ4n) is 2.95. The number of carbonyl (C=O) groups excluding carboxylic acids is 2. The van der Waals surface area contributed by atoms with E-state index in [-0.39, 0.29) is 36.2 Å². The van der Waals surface area contributed by atoms with Crippen LogP contribution in [0.5, 0.6) is 0 Å². The van der Waals surface area contributed by atoms with Gasteiger partial charge in [-0.1, -0.05) is 6.92 Å². The molecule has 2 fully saturated rings. The van der Waals surface area contributed by atoms with Crippen LogP contribution in [0.1, 0.15) is 39.0 Å². The van der Waals surface area contributed by atoms with Crippen molar-refractivity contribution < 1.29 is 9.59 Å². The Balaban J connectivity index is 0.00000200. The molecule has 2 heterocycles. The maximum atomic E-state index is 12.3. The smallest absolute Gasteiger partial charge is 0.227 e. The van der Waals surface area contributed by atoms with Gasteiger partial charge in [-0.2, -0.15) is 0 Å². The zero-order valence-electron chi connectivity index (χ0n) is 12.2. The topological polar surface area (TPSA) is 61.4 Å². The van der Waals surface area contributed by atoms with Gasteiger partial charge in [-0.25, -0.2) is 0 Å². The van der Waals surface area contributed by atoms with Gasteiger partial charge in [0.1, 0.15) is 0 Å². The van der Waals surface area contributed by atoms with E-state index in [0.717, 1.165) is 45.3 Å². The second-order valence-electron chi connectivity index (χ2n) is 5.63. The first kappa shape index (κ1) is 17.2. The third-order valence-corrected chi connectivity index (χ3v) is 3.98. The number of hydrogen-bond acceptors (Lipinski definition) is 3.